The predicted octanol–water partition coefficient (Wildman–Crippen LogP) is 1.13. The molecule has 5 nitrogen and oxygen atoms in total. The van der Waals surface area contributed by atoms with Gasteiger partial charge in [0.25, 0.3) is 0 Å². The highest BCUT2D eigenvalue weighted by atomic mass is 16.4. The van der Waals surface area contributed by atoms with Crippen molar-refractivity contribution < 1.29 is 14.7 Å². The van der Waals surface area contributed by atoms with Crippen molar-refractivity contribution >= 4 is 11.9 Å². The van der Waals surface area contributed by atoms with Crippen LogP contribution in [0.1, 0.15) is 46.0 Å². The quantitative estimate of drug-likeness (QED) is 0.597. The molecule has 0 spiro atoms. The molecule has 0 aromatic heterocycles. The van der Waals surface area contributed by atoms with Gasteiger partial charge in [-0.25, -0.2) is 0 Å². The number of amides is 1. The Labute approximate surface area is 108 Å². The fourth-order valence-electron chi connectivity index (χ4n) is 2.28. The molecule has 1 rings (SSSR count). The topological polar surface area (TPSA) is 78.4 Å². The summed E-state index contributed by atoms with van der Waals surface area (Å²) in [6.45, 7) is 4.99. The first kappa shape index (κ1) is 15.0. The Morgan fingerprint density at radius 1 is 1.33 bits per heavy atom. The number of nitrogens with one attached hydrogen (secondary N) is 2. The van der Waals surface area contributed by atoms with Gasteiger partial charge in [0.2, 0.25) is 5.91 Å². The smallest absolute Gasteiger partial charge is 0.306 e. The summed E-state index contributed by atoms with van der Waals surface area (Å²) in [4.78, 5) is 22.4. The number of aliphatic carboxylic acids is 1. The molecule has 104 valence electrons. The van der Waals surface area contributed by atoms with Crippen molar-refractivity contribution in [2.45, 2.75) is 58.0 Å². The van der Waals surface area contributed by atoms with Gasteiger partial charge >= 0.3 is 5.97 Å². The minimum Gasteiger partial charge on any atom is -0.481 e. The van der Waals surface area contributed by atoms with Gasteiger partial charge in [-0.2, -0.15) is 0 Å². The molecule has 0 saturated heterocycles. The van der Waals surface area contributed by atoms with Crippen molar-refractivity contribution in [1.82, 2.24) is 10.6 Å². The lowest BCUT2D eigenvalue weighted by molar-refractivity contribution is -0.141. The number of hydrogen-bond donors (Lipinski definition) is 3. The maximum Gasteiger partial charge on any atom is 0.306 e. The summed E-state index contributed by atoms with van der Waals surface area (Å²) in [6.07, 6.45) is 3.36. The molecule has 1 aliphatic rings. The first-order chi connectivity index (χ1) is 8.49. The lowest BCUT2D eigenvalue weighted by atomic mass is 10.1. The van der Waals surface area contributed by atoms with Crippen LogP contribution in [-0.4, -0.2) is 35.6 Å². The van der Waals surface area contributed by atoms with E-state index in [1.165, 1.54) is 0 Å². The second-order valence-electron chi connectivity index (χ2n) is 5.33. The summed E-state index contributed by atoms with van der Waals surface area (Å²) >= 11 is 0. The monoisotopic (exact) mass is 256 g/mol. The predicted molar refractivity (Wildman–Crippen MR) is 69.3 cm³/mol. The molecule has 1 aliphatic carbocycles. The van der Waals surface area contributed by atoms with Gasteiger partial charge in [0, 0.05) is 18.5 Å². The maximum absolute atomic E-state index is 11.6. The first-order valence-corrected chi connectivity index (χ1v) is 6.74. The molecular weight excluding hydrogens is 232 g/mol. The van der Waals surface area contributed by atoms with E-state index in [2.05, 4.69) is 24.5 Å². The zero-order valence-electron chi connectivity index (χ0n) is 11.2. The minimum atomic E-state index is -0.743. The Kier molecular flexibility index (Phi) is 6.12. The molecule has 5 heteroatoms. The summed E-state index contributed by atoms with van der Waals surface area (Å²) in [5, 5.41) is 15.1. The van der Waals surface area contributed by atoms with Crippen LogP contribution in [0.5, 0.6) is 0 Å². The Morgan fingerprint density at radius 3 is 2.61 bits per heavy atom. The molecule has 0 aromatic carbocycles. The van der Waals surface area contributed by atoms with Crippen LogP contribution in [0.4, 0.5) is 0 Å². The van der Waals surface area contributed by atoms with E-state index in [1.54, 1.807) is 0 Å². The van der Waals surface area contributed by atoms with Gasteiger partial charge in [0.05, 0.1) is 5.92 Å². The molecule has 3 N–H and O–H groups in total. The van der Waals surface area contributed by atoms with Crippen LogP contribution in [0.25, 0.3) is 0 Å². The largest absolute Gasteiger partial charge is 0.481 e. The Morgan fingerprint density at radius 2 is 2.06 bits per heavy atom. The van der Waals surface area contributed by atoms with Crippen molar-refractivity contribution in [3.05, 3.63) is 0 Å². The number of carbonyl (C=O) groups excluding carboxylic acids is 1. The molecular formula is C13H24N2O3. The minimum absolute atomic E-state index is 0.0385. The molecule has 2 atom stereocenters. The number of carbonyl (C=O) groups is 2. The van der Waals surface area contributed by atoms with E-state index in [0.717, 1.165) is 19.4 Å². The van der Waals surface area contributed by atoms with E-state index < -0.39 is 5.97 Å². The average Bonchev–Trinajstić information content (AvgIpc) is 2.72. The van der Waals surface area contributed by atoms with Gasteiger partial charge in [-0.15, -0.1) is 0 Å². The lowest BCUT2D eigenvalue weighted by Crippen LogP contribution is -2.34. The van der Waals surface area contributed by atoms with Crippen LogP contribution < -0.4 is 10.6 Å². The molecule has 18 heavy (non-hydrogen) atoms. The highest BCUT2D eigenvalue weighted by molar-refractivity contribution is 5.76. The molecule has 0 unspecified atom stereocenters. The molecule has 0 heterocycles. The zero-order valence-corrected chi connectivity index (χ0v) is 11.2. The van der Waals surface area contributed by atoms with Crippen molar-refractivity contribution in [2.75, 3.05) is 6.54 Å². The highest BCUT2D eigenvalue weighted by Crippen LogP contribution is 2.25. The van der Waals surface area contributed by atoms with Gasteiger partial charge in [-0.1, -0.05) is 13.8 Å². The van der Waals surface area contributed by atoms with Crippen molar-refractivity contribution in [2.24, 2.45) is 5.92 Å². The second kappa shape index (κ2) is 7.36. The SMILES string of the molecule is CC(C)NCCCC(=O)N[C@H]1CC[C@@H](C(=O)O)C1. The van der Waals surface area contributed by atoms with E-state index >= 15 is 0 Å². The first-order valence-electron chi connectivity index (χ1n) is 6.74. The van der Waals surface area contributed by atoms with Gasteiger partial charge < -0.3 is 15.7 Å². The molecule has 0 bridgehead atoms. The molecule has 1 amide bonds. The van der Waals surface area contributed by atoms with Gasteiger partial charge in [0.1, 0.15) is 0 Å². The fraction of sp³-hybridized carbons (Fsp3) is 0.846. The Hall–Kier alpha value is -1.10. The second-order valence-corrected chi connectivity index (χ2v) is 5.33. The van der Waals surface area contributed by atoms with Crippen molar-refractivity contribution in [3.8, 4) is 0 Å². The van der Waals surface area contributed by atoms with Crippen LogP contribution in [0.2, 0.25) is 0 Å². The van der Waals surface area contributed by atoms with E-state index in [4.69, 9.17) is 5.11 Å². The van der Waals surface area contributed by atoms with Gasteiger partial charge in [0.15, 0.2) is 0 Å². The lowest BCUT2D eigenvalue weighted by Gasteiger charge is -2.13. The van der Waals surface area contributed by atoms with Crippen LogP contribution in [0.15, 0.2) is 0 Å². The molecule has 0 radical (unpaired) electrons. The summed E-state index contributed by atoms with van der Waals surface area (Å²) in [5.41, 5.74) is 0. The Balaban J connectivity index is 2.12. The fourth-order valence-corrected chi connectivity index (χ4v) is 2.28. The van der Waals surface area contributed by atoms with E-state index in [0.29, 0.717) is 25.3 Å². The summed E-state index contributed by atoms with van der Waals surface area (Å²) in [5.74, 6) is -0.984. The van der Waals surface area contributed by atoms with Crippen LogP contribution in [-0.2, 0) is 9.59 Å². The van der Waals surface area contributed by atoms with Gasteiger partial charge in [-0.05, 0) is 32.2 Å². The van der Waals surface area contributed by atoms with E-state index in [-0.39, 0.29) is 17.9 Å². The van der Waals surface area contributed by atoms with Crippen molar-refractivity contribution in [3.63, 3.8) is 0 Å². The average molecular weight is 256 g/mol. The van der Waals surface area contributed by atoms with E-state index in [1.807, 2.05) is 0 Å². The number of carboxylic acid groups (broad SMARTS) is 1. The summed E-state index contributed by atoms with van der Waals surface area (Å²) in [7, 11) is 0. The third kappa shape index (κ3) is 5.49. The summed E-state index contributed by atoms with van der Waals surface area (Å²) in [6, 6.07) is 0.496. The number of rotatable bonds is 7. The third-order valence-electron chi connectivity index (χ3n) is 3.28. The van der Waals surface area contributed by atoms with Gasteiger partial charge in [-0.3, -0.25) is 9.59 Å². The standard InChI is InChI=1S/C13H24N2O3/c1-9(2)14-7-3-4-12(16)15-11-6-5-10(8-11)13(17)18/h9-11,14H,3-8H2,1-2H3,(H,15,16)(H,17,18)/t10-,11+/m1/s1. The number of hydrogen-bond acceptors (Lipinski definition) is 3. The maximum atomic E-state index is 11.6. The highest BCUT2D eigenvalue weighted by Gasteiger charge is 2.30. The molecule has 1 saturated carbocycles. The Bertz CT molecular complexity index is 292. The zero-order chi connectivity index (χ0) is 13.5. The molecule has 0 aliphatic heterocycles. The van der Waals surface area contributed by atoms with E-state index in [9.17, 15) is 9.59 Å². The molecule has 0 aromatic rings. The normalized spacial score (nSPS) is 23.3. The summed E-state index contributed by atoms with van der Waals surface area (Å²) < 4.78 is 0. The van der Waals surface area contributed by atoms with Crippen molar-refractivity contribution in [1.29, 1.82) is 0 Å². The van der Waals surface area contributed by atoms with Crippen LogP contribution >= 0.6 is 0 Å². The molecule has 1 fully saturated rings. The number of carboxylic acids is 1. The van der Waals surface area contributed by atoms with Crippen LogP contribution in [0.3, 0.4) is 0 Å². The van der Waals surface area contributed by atoms with Crippen LogP contribution in [0, 0.1) is 5.92 Å². The third-order valence-corrected chi connectivity index (χ3v) is 3.28.